The molecule has 1 fully saturated rings. The number of carbonyl (C=O) groups excluding carboxylic acids is 1. The molecule has 0 saturated carbocycles. The molecule has 1 unspecified atom stereocenters. The number of amides is 1. The summed E-state index contributed by atoms with van der Waals surface area (Å²) in [4.78, 5) is 14.2. The van der Waals surface area contributed by atoms with Gasteiger partial charge in [0.1, 0.15) is 11.6 Å². The Kier molecular flexibility index (Phi) is 6.84. The lowest BCUT2D eigenvalue weighted by atomic mass is 9.96. The Labute approximate surface area is 138 Å². The standard InChI is InChI=1S/C18H27FN2O2/c1-3-10-23-17-5-4-16(19)13-15(17)11-14(2)12-18(22)21-8-6-20-7-9-21/h4-5,13-14,20H,3,6-12H2,1-2H3. The fourth-order valence-corrected chi connectivity index (χ4v) is 2.85. The number of nitrogens with zero attached hydrogens (tertiary/aromatic N) is 1. The van der Waals surface area contributed by atoms with Crippen molar-refractivity contribution >= 4 is 5.91 Å². The Morgan fingerprint density at radius 3 is 2.83 bits per heavy atom. The number of halogens is 1. The average Bonchev–Trinajstić information content (AvgIpc) is 2.55. The van der Waals surface area contributed by atoms with Crippen LogP contribution >= 0.6 is 0 Å². The molecule has 0 aliphatic carbocycles. The molecule has 1 aliphatic heterocycles. The Bertz CT molecular complexity index is 516. The second kappa shape index (κ2) is 8.87. The van der Waals surface area contributed by atoms with Crippen molar-refractivity contribution in [1.29, 1.82) is 0 Å². The van der Waals surface area contributed by atoms with E-state index in [-0.39, 0.29) is 17.6 Å². The van der Waals surface area contributed by atoms with Crippen molar-refractivity contribution in [1.82, 2.24) is 10.2 Å². The number of carbonyl (C=O) groups is 1. The summed E-state index contributed by atoms with van der Waals surface area (Å²) in [5.41, 5.74) is 0.846. The normalized spacial score (nSPS) is 16.2. The number of rotatable bonds is 7. The minimum atomic E-state index is -0.260. The van der Waals surface area contributed by atoms with Crippen LogP contribution in [0.5, 0.6) is 5.75 Å². The number of nitrogens with one attached hydrogen (secondary N) is 1. The Morgan fingerprint density at radius 1 is 1.39 bits per heavy atom. The molecule has 4 nitrogen and oxygen atoms in total. The van der Waals surface area contributed by atoms with Crippen molar-refractivity contribution in [3.8, 4) is 5.75 Å². The van der Waals surface area contributed by atoms with Crippen LogP contribution in [-0.2, 0) is 11.2 Å². The van der Waals surface area contributed by atoms with Crippen LogP contribution in [0.4, 0.5) is 4.39 Å². The smallest absolute Gasteiger partial charge is 0.222 e. The molecule has 1 aromatic carbocycles. The van der Waals surface area contributed by atoms with Crippen molar-refractivity contribution in [3.63, 3.8) is 0 Å². The number of piperazine rings is 1. The van der Waals surface area contributed by atoms with Crippen LogP contribution in [0.25, 0.3) is 0 Å². The number of benzene rings is 1. The van der Waals surface area contributed by atoms with Gasteiger partial charge < -0.3 is 15.0 Å². The van der Waals surface area contributed by atoms with E-state index in [0.717, 1.165) is 43.9 Å². The summed E-state index contributed by atoms with van der Waals surface area (Å²) in [7, 11) is 0. The number of hydrogen-bond acceptors (Lipinski definition) is 3. The molecule has 23 heavy (non-hydrogen) atoms. The predicted molar refractivity (Wildman–Crippen MR) is 89.1 cm³/mol. The highest BCUT2D eigenvalue weighted by Crippen LogP contribution is 2.24. The van der Waals surface area contributed by atoms with Gasteiger partial charge >= 0.3 is 0 Å². The Morgan fingerprint density at radius 2 is 2.13 bits per heavy atom. The lowest BCUT2D eigenvalue weighted by Gasteiger charge is -2.28. The van der Waals surface area contributed by atoms with E-state index in [1.54, 1.807) is 6.07 Å². The zero-order valence-corrected chi connectivity index (χ0v) is 14.1. The fraction of sp³-hybridized carbons (Fsp3) is 0.611. The fourth-order valence-electron chi connectivity index (χ4n) is 2.85. The first-order valence-electron chi connectivity index (χ1n) is 8.50. The van der Waals surface area contributed by atoms with Crippen molar-refractivity contribution < 1.29 is 13.9 Å². The third-order valence-electron chi connectivity index (χ3n) is 4.05. The van der Waals surface area contributed by atoms with Gasteiger partial charge in [0, 0.05) is 32.6 Å². The van der Waals surface area contributed by atoms with E-state index in [1.165, 1.54) is 12.1 Å². The third kappa shape index (κ3) is 5.50. The number of hydrogen-bond donors (Lipinski definition) is 1. The molecule has 128 valence electrons. The summed E-state index contributed by atoms with van der Waals surface area (Å²) >= 11 is 0. The second-order valence-corrected chi connectivity index (χ2v) is 6.24. The summed E-state index contributed by atoms with van der Waals surface area (Å²) < 4.78 is 19.2. The van der Waals surface area contributed by atoms with Gasteiger partial charge in [-0.25, -0.2) is 4.39 Å². The van der Waals surface area contributed by atoms with Gasteiger partial charge in [-0.2, -0.15) is 0 Å². The van der Waals surface area contributed by atoms with Crippen LogP contribution in [-0.4, -0.2) is 43.6 Å². The van der Waals surface area contributed by atoms with Crippen LogP contribution < -0.4 is 10.1 Å². The van der Waals surface area contributed by atoms with Crippen LogP contribution in [0.2, 0.25) is 0 Å². The molecule has 5 heteroatoms. The molecule has 1 aliphatic rings. The highest BCUT2D eigenvalue weighted by atomic mass is 19.1. The van der Waals surface area contributed by atoms with Gasteiger partial charge in [0.2, 0.25) is 5.91 Å². The molecule has 0 spiro atoms. The first-order valence-corrected chi connectivity index (χ1v) is 8.50. The molecule has 0 aromatic heterocycles. The maximum Gasteiger partial charge on any atom is 0.222 e. The second-order valence-electron chi connectivity index (χ2n) is 6.24. The minimum absolute atomic E-state index is 0.156. The molecule has 0 bridgehead atoms. The molecular formula is C18H27FN2O2. The first kappa shape index (κ1) is 17.7. The lowest BCUT2D eigenvalue weighted by Crippen LogP contribution is -2.46. The maximum atomic E-state index is 13.5. The molecular weight excluding hydrogens is 295 g/mol. The maximum absolute atomic E-state index is 13.5. The van der Waals surface area contributed by atoms with Crippen LogP contribution in [0.1, 0.15) is 32.3 Å². The zero-order valence-electron chi connectivity index (χ0n) is 14.1. The molecule has 2 rings (SSSR count). The molecule has 0 radical (unpaired) electrons. The van der Waals surface area contributed by atoms with Crippen molar-refractivity contribution in [3.05, 3.63) is 29.6 Å². The lowest BCUT2D eigenvalue weighted by molar-refractivity contribution is -0.132. The molecule has 1 atom stereocenters. The van der Waals surface area contributed by atoms with E-state index in [1.807, 2.05) is 18.7 Å². The average molecular weight is 322 g/mol. The van der Waals surface area contributed by atoms with Crippen molar-refractivity contribution in [2.24, 2.45) is 5.92 Å². The van der Waals surface area contributed by atoms with Crippen molar-refractivity contribution in [2.75, 3.05) is 32.8 Å². The molecule has 1 amide bonds. The summed E-state index contributed by atoms with van der Waals surface area (Å²) in [6.07, 6.45) is 2.05. The topological polar surface area (TPSA) is 41.6 Å². The first-order chi connectivity index (χ1) is 11.1. The molecule has 1 N–H and O–H groups in total. The SMILES string of the molecule is CCCOc1ccc(F)cc1CC(C)CC(=O)N1CCNCC1. The largest absolute Gasteiger partial charge is 0.493 e. The van der Waals surface area contributed by atoms with E-state index >= 15 is 0 Å². The van der Waals surface area contributed by atoms with E-state index in [4.69, 9.17) is 4.74 Å². The van der Waals surface area contributed by atoms with Gasteiger partial charge in [0.25, 0.3) is 0 Å². The van der Waals surface area contributed by atoms with Gasteiger partial charge in [0.05, 0.1) is 6.61 Å². The molecule has 1 aromatic rings. The van der Waals surface area contributed by atoms with E-state index in [2.05, 4.69) is 5.32 Å². The minimum Gasteiger partial charge on any atom is -0.493 e. The Balaban J connectivity index is 1.94. The summed E-state index contributed by atoms with van der Waals surface area (Å²) in [6.45, 7) is 7.96. The van der Waals surface area contributed by atoms with E-state index in [9.17, 15) is 9.18 Å². The Hall–Kier alpha value is -1.62. The van der Waals surface area contributed by atoms with Gasteiger partial charge in [-0.1, -0.05) is 13.8 Å². The third-order valence-corrected chi connectivity index (χ3v) is 4.05. The van der Waals surface area contributed by atoms with Gasteiger partial charge in [-0.3, -0.25) is 4.79 Å². The molecule has 1 saturated heterocycles. The van der Waals surface area contributed by atoms with E-state index in [0.29, 0.717) is 19.4 Å². The highest BCUT2D eigenvalue weighted by molar-refractivity contribution is 5.76. The summed E-state index contributed by atoms with van der Waals surface area (Å²) in [6, 6.07) is 4.63. The highest BCUT2D eigenvalue weighted by Gasteiger charge is 2.19. The quantitative estimate of drug-likeness (QED) is 0.839. The predicted octanol–water partition coefficient (Wildman–Crippen LogP) is 2.62. The van der Waals surface area contributed by atoms with Gasteiger partial charge in [-0.05, 0) is 42.5 Å². The van der Waals surface area contributed by atoms with Crippen molar-refractivity contribution in [2.45, 2.75) is 33.1 Å². The zero-order chi connectivity index (χ0) is 16.7. The van der Waals surface area contributed by atoms with E-state index < -0.39 is 0 Å². The van der Waals surface area contributed by atoms with Gasteiger partial charge in [0.15, 0.2) is 0 Å². The van der Waals surface area contributed by atoms with Crippen LogP contribution in [0.3, 0.4) is 0 Å². The summed E-state index contributed by atoms with van der Waals surface area (Å²) in [5, 5.41) is 3.24. The monoisotopic (exact) mass is 322 g/mol. The van der Waals surface area contributed by atoms with Gasteiger partial charge in [-0.15, -0.1) is 0 Å². The van der Waals surface area contributed by atoms with Crippen LogP contribution in [0.15, 0.2) is 18.2 Å². The van der Waals surface area contributed by atoms with Crippen LogP contribution in [0, 0.1) is 11.7 Å². The summed E-state index contributed by atoms with van der Waals surface area (Å²) in [5.74, 6) is 0.814. The molecule has 1 heterocycles. The number of ether oxygens (including phenoxy) is 1.